The lowest BCUT2D eigenvalue weighted by Gasteiger charge is -2.15. The molecule has 7 heteroatoms. The lowest BCUT2D eigenvalue weighted by Crippen LogP contribution is -2.34. The van der Waals surface area contributed by atoms with Gasteiger partial charge in [0.15, 0.2) is 6.61 Å². The van der Waals surface area contributed by atoms with E-state index < -0.39 is 18.9 Å². The quantitative estimate of drug-likeness (QED) is 0.818. The first-order chi connectivity index (χ1) is 7.38. The third kappa shape index (κ3) is 4.69. The minimum Gasteiger partial charge on any atom is -0.440 e. The predicted molar refractivity (Wildman–Crippen MR) is 48.9 cm³/mol. The summed E-state index contributed by atoms with van der Waals surface area (Å²) in [5.74, 6) is 0.137. The average molecular weight is 241 g/mol. The molecule has 1 aliphatic rings. The second-order valence-electron chi connectivity index (χ2n) is 3.70. The Labute approximate surface area is 91.1 Å². The molecule has 0 aromatic heterocycles. The van der Waals surface area contributed by atoms with E-state index in [0.717, 1.165) is 6.42 Å². The van der Waals surface area contributed by atoms with Crippen LogP contribution >= 0.6 is 0 Å². The van der Waals surface area contributed by atoms with Crippen molar-refractivity contribution >= 4 is 6.09 Å². The number of ether oxygens (including phenoxy) is 2. The number of rotatable bonds is 3. The Morgan fingerprint density at radius 2 is 2.25 bits per heavy atom. The standard InChI is InChI=1S/C9H14F3NO3/c1-6-7(2-3-15-6)4-13-8(14)16-5-9(10,11)12/h6-7H,2-5H2,1H3,(H,13,14). The van der Waals surface area contributed by atoms with E-state index in [1.54, 1.807) is 0 Å². The summed E-state index contributed by atoms with van der Waals surface area (Å²) in [6.07, 6.45) is -4.72. The number of halogens is 3. The maximum Gasteiger partial charge on any atom is 0.422 e. The molecular weight excluding hydrogens is 227 g/mol. The average Bonchev–Trinajstić information content (AvgIpc) is 2.57. The topological polar surface area (TPSA) is 47.6 Å². The highest BCUT2D eigenvalue weighted by Gasteiger charge is 2.30. The van der Waals surface area contributed by atoms with Crippen LogP contribution in [-0.2, 0) is 9.47 Å². The van der Waals surface area contributed by atoms with Gasteiger partial charge in [0.25, 0.3) is 0 Å². The summed E-state index contributed by atoms with van der Waals surface area (Å²) in [7, 11) is 0. The summed E-state index contributed by atoms with van der Waals surface area (Å²) >= 11 is 0. The first kappa shape index (κ1) is 13.1. The van der Waals surface area contributed by atoms with Crippen LogP contribution in [0.5, 0.6) is 0 Å². The van der Waals surface area contributed by atoms with E-state index in [-0.39, 0.29) is 18.6 Å². The number of amides is 1. The number of carbonyl (C=O) groups excluding carboxylic acids is 1. The molecule has 1 heterocycles. The van der Waals surface area contributed by atoms with Gasteiger partial charge in [0, 0.05) is 19.1 Å². The summed E-state index contributed by atoms with van der Waals surface area (Å²) in [4.78, 5) is 10.9. The van der Waals surface area contributed by atoms with Crippen LogP contribution in [0.25, 0.3) is 0 Å². The second kappa shape index (κ2) is 5.38. The summed E-state index contributed by atoms with van der Waals surface area (Å²) in [5.41, 5.74) is 0. The first-order valence-electron chi connectivity index (χ1n) is 4.97. The van der Waals surface area contributed by atoms with Gasteiger partial charge in [-0.15, -0.1) is 0 Å². The van der Waals surface area contributed by atoms with Crippen LogP contribution < -0.4 is 5.32 Å². The molecule has 0 bridgehead atoms. The number of alkyl halides is 3. The fraction of sp³-hybridized carbons (Fsp3) is 0.889. The lowest BCUT2D eigenvalue weighted by molar-refractivity contribution is -0.160. The summed E-state index contributed by atoms with van der Waals surface area (Å²) in [5, 5.41) is 2.29. The fourth-order valence-corrected chi connectivity index (χ4v) is 1.46. The molecule has 2 atom stereocenters. The van der Waals surface area contributed by atoms with Gasteiger partial charge >= 0.3 is 12.3 Å². The Hall–Kier alpha value is -0.980. The van der Waals surface area contributed by atoms with Crippen LogP contribution in [0.4, 0.5) is 18.0 Å². The molecule has 1 amide bonds. The summed E-state index contributed by atoms with van der Waals surface area (Å²) in [6, 6.07) is 0. The van der Waals surface area contributed by atoms with Gasteiger partial charge in [-0.3, -0.25) is 0 Å². The van der Waals surface area contributed by atoms with Crippen molar-refractivity contribution in [3.8, 4) is 0 Å². The van der Waals surface area contributed by atoms with E-state index in [1.807, 2.05) is 6.92 Å². The van der Waals surface area contributed by atoms with Gasteiger partial charge in [0.2, 0.25) is 0 Å². The van der Waals surface area contributed by atoms with Crippen LogP contribution in [0, 0.1) is 5.92 Å². The molecule has 1 saturated heterocycles. The van der Waals surface area contributed by atoms with Gasteiger partial charge in [-0.05, 0) is 13.3 Å². The molecule has 0 aliphatic carbocycles. The predicted octanol–water partition coefficient (Wildman–Crippen LogP) is 1.70. The molecule has 1 fully saturated rings. The molecule has 1 N–H and O–H groups in total. The molecule has 0 spiro atoms. The minimum atomic E-state index is -4.49. The molecule has 1 rings (SSSR count). The minimum absolute atomic E-state index is 0.0166. The molecule has 0 radical (unpaired) electrons. The highest BCUT2D eigenvalue weighted by Crippen LogP contribution is 2.19. The van der Waals surface area contributed by atoms with Gasteiger partial charge in [0.05, 0.1) is 6.10 Å². The number of carbonyl (C=O) groups is 1. The van der Waals surface area contributed by atoms with E-state index in [2.05, 4.69) is 10.1 Å². The molecule has 0 aromatic carbocycles. The van der Waals surface area contributed by atoms with E-state index in [0.29, 0.717) is 6.61 Å². The number of hydrogen-bond acceptors (Lipinski definition) is 3. The smallest absolute Gasteiger partial charge is 0.422 e. The van der Waals surface area contributed by atoms with Crippen molar-refractivity contribution < 1.29 is 27.4 Å². The summed E-state index contributed by atoms with van der Waals surface area (Å²) < 4.78 is 44.3. The SMILES string of the molecule is CC1OCCC1CNC(=O)OCC(F)(F)F. The van der Waals surface area contributed by atoms with Gasteiger partial charge in [-0.1, -0.05) is 0 Å². The van der Waals surface area contributed by atoms with Crippen molar-refractivity contribution in [2.45, 2.75) is 25.6 Å². The van der Waals surface area contributed by atoms with Crippen molar-refractivity contribution in [3.63, 3.8) is 0 Å². The molecule has 4 nitrogen and oxygen atoms in total. The Morgan fingerprint density at radius 1 is 1.56 bits per heavy atom. The van der Waals surface area contributed by atoms with Crippen molar-refractivity contribution in [1.29, 1.82) is 0 Å². The van der Waals surface area contributed by atoms with Crippen molar-refractivity contribution in [1.82, 2.24) is 5.32 Å². The largest absolute Gasteiger partial charge is 0.440 e. The second-order valence-corrected chi connectivity index (χ2v) is 3.70. The normalized spacial score (nSPS) is 25.5. The van der Waals surface area contributed by atoms with Gasteiger partial charge < -0.3 is 14.8 Å². The maximum atomic E-state index is 11.7. The van der Waals surface area contributed by atoms with E-state index in [4.69, 9.17) is 4.74 Å². The fourth-order valence-electron chi connectivity index (χ4n) is 1.46. The zero-order valence-electron chi connectivity index (χ0n) is 8.84. The van der Waals surface area contributed by atoms with E-state index >= 15 is 0 Å². The molecule has 0 saturated carbocycles. The third-order valence-corrected chi connectivity index (χ3v) is 2.41. The van der Waals surface area contributed by atoms with Crippen molar-refractivity contribution in [2.24, 2.45) is 5.92 Å². The molecule has 2 unspecified atom stereocenters. The molecule has 0 aromatic rings. The van der Waals surface area contributed by atoms with Crippen LogP contribution in [0.1, 0.15) is 13.3 Å². The molecule has 1 aliphatic heterocycles. The Bertz CT molecular complexity index is 245. The monoisotopic (exact) mass is 241 g/mol. The van der Waals surface area contributed by atoms with E-state index in [1.165, 1.54) is 0 Å². The Morgan fingerprint density at radius 3 is 2.75 bits per heavy atom. The third-order valence-electron chi connectivity index (χ3n) is 2.41. The van der Waals surface area contributed by atoms with Crippen molar-refractivity contribution in [3.05, 3.63) is 0 Å². The number of nitrogens with one attached hydrogen (secondary N) is 1. The van der Waals surface area contributed by atoms with E-state index in [9.17, 15) is 18.0 Å². The van der Waals surface area contributed by atoms with Crippen LogP contribution in [0.15, 0.2) is 0 Å². The molecule has 94 valence electrons. The number of alkyl carbamates (subject to hydrolysis) is 1. The van der Waals surface area contributed by atoms with Crippen LogP contribution in [-0.4, -0.2) is 38.1 Å². The van der Waals surface area contributed by atoms with Crippen LogP contribution in [0.2, 0.25) is 0 Å². The Balaban J connectivity index is 2.15. The Kier molecular flexibility index (Phi) is 4.40. The van der Waals surface area contributed by atoms with Gasteiger partial charge in [-0.2, -0.15) is 13.2 Å². The molecule has 16 heavy (non-hydrogen) atoms. The highest BCUT2D eigenvalue weighted by atomic mass is 19.4. The first-order valence-corrected chi connectivity index (χ1v) is 4.97. The zero-order valence-corrected chi connectivity index (χ0v) is 8.84. The van der Waals surface area contributed by atoms with Crippen LogP contribution in [0.3, 0.4) is 0 Å². The number of hydrogen-bond donors (Lipinski definition) is 1. The summed E-state index contributed by atoms with van der Waals surface area (Å²) in [6.45, 7) is 1.19. The molecular formula is C9H14F3NO3. The van der Waals surface area contributed by atoms with Crippen molar-refractivity contribution in [2.75, 3.05) is 19.8 Å². The van der Waals surface area contributed by atoms with Gasteiger partial charge in [0.1, 0.15) is 0 Å². The maximum absolute atomic E-state index is 11.7. The highest BCUT2D eigenvalue weighted by molar-refractivity contribution is 5.67. The van der Waals surface area contributed by atoms with Gasteiger partial charge in [-0.25, -0.2) is 4.79 Å². The lowest BCUT2D eigenvalue weighted by atomic mass is 10.0. The zero-order chi connectivity index (χ0) is 12.2.